The van der Waals surface area contributed by atoms with Crippen LogP contribution >= 0.6 is 0 Å². The van der Waals surface area contributed by atoms with E-state index in [9.17, 15) is 9.59 Å². The Morgan fingerprint density at radius 1 is 1.43 bits per heavy atom. The van der Waals surface area contributed by atoms with E-state index in [2.05, 4.69) is 6.58 Å². The summed E-state index contributed by atoms with van der Waals surface area (Å²) in [6, 6.07) is 0. The summed E-state index contributed by atoms with van der Waals surface area (Å²) in [5.74, 6) is -0.540. The molecule has 4 heteroatoms. The maximum absolute atomic E-state index is 12.9. The van der Waals surface area contributed by atoms with Crippen molar-refractivity contribution < 1.29 is 14.3 Å². The van der Waals surface area contributed by atoms with Gasteiger partial charge in [-0.05, 0) is 13.3 Å². The molecule has 1 fully saturated rings. The van der Waals surface area contributed by atoms with Crippen LogP contribution < -0.4 is 0 Å². The predicted molar refractivity (Wildman–Crippen MR) is 81.2 cm³/mol. The molecule has 2 rings (SSSR count). The van der Waals surface area contributed by atoms with Crippen LogP contribution in [0.1, 0.15) is 34.1 Å². The maximum Gasteiger partial charge on any atom is 0.334 e. The van der Waals surface area contributed by atoms with E-state index in [1.54, 1.807) is 17.9 Å². The summed E-state index contributed by atoms with van der Waals surface area (Å²) in [5, 5.41) is 0. The molecule has 21 heavy (non-hydrogen) atoms. The Balaban J connectivity index is 2.44. The summed E-state index contributed by atoms with van der Waals surface area (Å²) >= 11 is 0. The van der Waals surface area contributed by atoms with E-state index < -0.39 is 17.2 Å². The minimum Gasteiger partial charge on any atom is -0.439 e. The van der Waals surface area contributed by atoms with Gasteiger partial charge in [0.25, 0.3) is 0 Å². The van der Waals surface area contributed by atoms with E-state index in [1.165, 1.54) is 0 Å². The van der Waals surface area contributed by atoms with Gasteiger partial charge in [0.2, 0.25) is 5.91 Å². The Bertz CT molecular complexity index is 515. The number of nitrogens with zero attached hydrogens (tertiary/aromatic N) is 1. The summed E-state index contributed by atoms with van der Waals surface area (Å²) in [6.45, 7) is 11.0. The Morgan fingerprint density at radius 2 is 2.00 bits per heavy atom. The van der Waals surface area contributed by atoms with Crippen LogP contribution in [0.25, 0.3) is 0 Å². The van der Waals surface area contributed by atoms with Crippen molar-refractivity contribution in [3.8, 4) is 0 Å². The van der Waals surface area contributed by atoms with Crippen molar-refractivity contribution in [2.45, 2.75) is 45.9 Å². The van der Waals surface area contributed by atoms with Crippen molar-refractivity contribution in [3.63, 3.8) is 0 Å². The van der Waals surface area contributed by atoms with Gasteiger partial charge in [0, 0.05) is 5.41 Å². The first-order valence-electron chi connectivity index (χ1n) is 7.22. The van der Waals surface area contributed by atoms with Gasteiger partial charge in [0.05, 0.1) is 5.92 Å². The topological polar surface area (TPSA) is 46.6 Å². The number of allylic oxidation sites excluding steroid dienone is 2. The zero-order valence-corrected chi connectivity index (χ0v) is 13.1. The summed E-state index contributed by atoms with van der Waals surface area (Å²) in [5.41, 5.74) is -1.57. The highest BCUT2D eigenvalue weighted by atomic mass is 16.6. The molecular weight excluding hydrogens is 266 g/mol. The van der Waals surface area contributed by atoms with Crippen LogP contribution in [-0.2, 0) is 14.3 Å². The van der Waals surface area contributed by atoms with Gasteiger partial charge in [-0.15, -0.1) is 6.58 Å². The first-order chi connectivity index (χ1) is 9.71. The van der Waals surface area contributed by atoms with Crippen molar-refractivity contribution in [3.05, 3.63) is 37.0 Å². The molecular formula is C17H23NO3. The number of esters is 1. The zero-order valence-electron chi connectivity index (χ0n) is 13.1. The second kappa shape index (κ2) is 5.17. The number of carbonyl (C=O) groups is 2. The number of ether oxygens (including phenoxy) is 1. The lowest BCUT2D eigenvalue weighted by Gasteiger charge is -2.38. The standard InChI is InChI=1S/C17H23NO3/c1-6-11-17(5)15(20)21-13(12-9-7-8-10-12)18(17)14(19)16(2,3)4/h6-10,12-13H,1,11H2,2-5H3/t13-,17+/m0/s1. The van der Waals surface area contributed by atoms with Crippen LogP contribution in [0.2, 0.25) is 0 Å². The van der Waals surface area contributed by atoms with Gasteiger partial charge in [0.1, 0.15) is 5.54 Å². The number of rotatable bonds is 3. The lowest BCUT2D eigenvalue weighted by atomic mass is 9.88. The van der Waals surface area contributed by atoms with Crippen molar-refractivity contribution in [1.29, 1.82) is 0 Å². The van der Waals surface area contributed by atoms with Gasteiger partial charge >= 0.3 is 5.97 Å². The highest BCUT2D eigenvalue weighted by Gasteiger charge is 2.56. The summed E-state index contributed by atoms with van der Waals surface area (Å²) in [6.07, 6.45) is 9.16. The normalized spacial score (nSPS) is 29.0. The second-order valence-electron chi connectivity index (χ2n) is 6.83. The summed E-state index contributed by atoms with van der Waals surface area (Å²) < 4.78 is 5.56. The Morgan fingerprint density at radius 3 is 2.48 bits per heavy atom. The Kier molecular flexibility index (Phi) is 3.83. The minimum absolute atomic E-state index is 0.0867. The van der Waals surface area contributed by atoms with E-state index in [-0.39, 0.29) is 17.8 Å². The van der Waals surface area contributed by atoms with E-state index in [1.807, 2.05) is 45.1 Å². The molecule has 114 valence electrons. The van der Waals surface area contributed by atoms with Crippen LogP contribution in [0.4, 0.5) is 0 Å². The molecule has 0 N–H and O–H groups in total. The average Bonchev–Trinajstić information content (AvgIpc) is 2.96. The van der Waals surface area contributed by atoms with Crippen molar-refractivity contribution in [1.82, 2.24) is 4.90 Å². The number of cyclic esters (lactones) is 1. The van der Waals surface area contributed by atoms with Crippen LogP contribution in [-0.4, -0.2) is 28.5 Å². The fourth-order valence-corrected chi connectivity index (χ4v) is 2.72. The van der Waals surface area contributed by atoms with Gasteiger partial charge in [-0.25, -0.2) is 4.79 Å². The van der Waals surface area contributed by atoms with Crippen molar-refractivity contribution >= 4 is 11.9 Å². The minimum atomic E-state index is -0.985. The third-order valence-electron chi connectivity index (χ3n) is 3.96. The SMILES string of the molecule is C=CC[C@]1(C)C(=O)O[C@@H](C2C=CC=C2)N1C(=O)C(C)(C)C. The van der Waals surface area contributed by atoms with E-state index in [0.29, 0.717) is 6.42 Å². The van der Waals surface area contributed by atoms with Crippen LogP contribution in [0.15, 0.2) is 37.0 Å². The number of amides is 1. The van der Waals surface area contributed by atoms with E-state index in [4.69, 9.17) is 4.74 Å². The number of carbonyl (C=O) groups excluding carboxylic acids is 2. The van der Waals surface area contributed by atoms with Crippen LogP contribution in [0.3, 0.4) is 0 Å². The summed E-state index contributed by atoms with van der Waals surface area (Å²) in [7, 11) is 0. The number of hydrogen-bond acceptors (Lipinski definition) is 3. The molecule has 2 atom stereocenters. The lowest BCUT2D eigenvalue weighted by molar-refractivity contribution is -0.150. The molecule has 0 aromatic rings. The lowest BCUT2D eigenvalue weighted by Crippen LogP contribution is -2.55. The number of hydrogen-bond donors (Lipinski definition) is 0. The predicted octanol–water partition coefficient (Wildman–Crippen LogP) is 2.82. The zero-order chi connectivity index (χ0) is 15.8. The molecule has 1 saturated heterocycles. The molecule has 0 radical (unpaired) electrons. The molecule has 1 heterocycles. The maximum atomic E-state index is 12.9. The molecule has 4 nitrogen and oxygen atoms in total. The smallest absolute Gasteiger partial charge is 0.334 e. The molecule has 0 aromatic carbocycles. The van der Waals surface area contributed by atoms with E-state index in [0.717, 1.165) is 0 Å². The van der Waals surface area contributed by atoms with Gasteiger partial charge < -0.3 is 4.74 Å². The van der Waals surface area contributed by atoms with Crippen molar-refractivity contribution in [2.75, 3.05) is 0 Å². The molecule has 0 aromatic heterocycles. The van der Waals surface area contributed by atoms with Gasteiger partial charge in [-0.2, -0.15) is 0 Å². The fraction of sp³-hybridized carbons (Fsp3) is 0.529. The molecule has 0 bridgehead atoms. The largest absolute Gasteiger partial charge is 0.439 e. The third kappa shape index (κ3) is 2.55. The first kappa shape index (κ1) is 15.5. The highest BCUT2D eigenvalue weighted by Crippen LogP contribution is 2.39. The molecule has 1 amide bonds. The molecule has 0 unspecified atom stereocenters. The average molecular weight is 289 g/mol. The van der Waals surface area contributed by atoms with Gasteiger partial charge in [0.15, 0.2) is 6.23 Å². The van der Waals surface area contributed by atoms with Gasteiger partial charge in [-0.3, -0.25) is 9.69 Å². The second-order valence-corrected chi connectivity index (χ2v) is 6.83. The Hall–Kier alpha value is -1.84. The van der Waals surface area contributed by atoms with Crippen LogP contribution in [0.5, 0.6) is 0 Å². The molecule has 2 aliphatic rings. The van der Waals surface area contributed by atoms with Crippen LogP contribution in [0, 0.1) is 11.3 Å². The van der Waals surface area contributed by atoms with Gasteiger partial charge in [-0.1, -0.05) is 51.2 Å². The fourth-order valence-electron chi connectivity index (χ4n) is 2.72. The first-order valence-corrected chi connectivity index (χ1v) is 7.22. The summed E-state index contributed by atoms with van der Waals surface area (Å²) in [4.78, 5) is 26.9. The highest BCUT2D eigenvalue weighted by molar-refractivity contribution is 5.92. The quantitative estimate of drug-likeness (QED) is 0.593. The monoisotopic (exact) mass is 289 g/mol. The molecule has 1 aliphatic heterocycles. The van der Waals surface area contributed by atoms with E-state index >= 15 is 0 Å². The Labute approximate surface area is 126 Å². The molecule has 0 saturated carbocycles. The molecule has 0 spiro atoms. The molecule has 1 aliphatic carbocycles. The van der Waals surface area contributed by atoms with Crippen molar-refractivity contribution in [2.24, 2.45) is 11.3 Å². The third-order valence-corrected chi connectivity index (χ3v) is 3.96.